The molecule has 0 spiro atoms. The Hall–Kier alpha value is -1.95. The number of amides is 1. The molecule has 0 aliphatic carbocycles. The monoisotopic (exact) mass is 321 g/mol. The van der Waals surface area contributed by atoms with E-state index < -0.39 is 11.7 Å². The van der Waals surface area contributed by atoms with Crippen LogP contribution in [0.3, 0.4) is 0 Å². The summed E-state index contributed by atoms with van der Waals surface area (Å²) in [6.07, 6.45) is 1.58. The third-order valence-electron chi connectivity index (χ3n) is 3.06. The molecule has 6 nitrogen and oxygen atoms in total. The van der Waals surface area contributed by atoms with Gasteiger partial charge in [-0.15, -0.1) is 0 Å². The van der Waals surface area contributed by atoms with Crippen LogP contribution in [0.4, 0.5) is 4.79 Å². The molecule has 6 heteroatoms. The number of nitrogens with one attached hydrogen (secondary N) is 2. The number of ether oxygens (including phenoxy) is 1. The number of aryl methyl sites for hydroxylation is 1. The van der Waals surface area contributed by atoms with Crippen molar-refractivity contribution in [2.24, 2.45) is 5.18 Å². The van der Waals surface area contributed by atoms with E-state index in [0.29, 0.717) is 19.6 Å². The summed E-state index contributed by atoms with van der Waals surface area (Å²) >= 11 is 0. The minimum Gasteiger partial charge on any atom is -0.444 e. The van der Waals surface area contributed by atoms with Crippen LogP contribution in [0.1, 0.15) is 38.3 Å². The average Bonchev–Trinajstić information content (AvgIpc) is 2.48. The number of rotatable bonds is 9. The fraction of sp³-hybridized carbons (Fsp3) is 0.588. The number of alkyl carbamates (subject to hydrolysis) is 1. The molecule has 1 aromatic rings. The maximum absolute atomic E-state index is 11.6. The zero-order chi connectivity index (χ0) is 17.1. The van der Waals surface area contributed by atoms with Crippen LogP contribution in [-0.2, 0) is 17.7 Å². The van der Waals surface area contributed by atoms with Crippen molar-refractivity contribution in [2.45, 2.75) is 45.8 Å². The van der Waals surface area contributed by atoms with Crippen molar-refractivity contribution in [3.05, 3.63) is 40.3 Å². The fourth-order valence-corrected chi connectivity index (χ4v) is 1.98. The third-order valence-corrected chi connectivity index (χ3v) is 3.06. The SMILES string of the molecule is CC(C)(C)OC(=O)NCc1ccc(CCCNCCN=O)cc1. The van der Waals surface area contributed by atoms with E-state index in [0.717, 1.165) is 24.9 Å². The molecule has 0 fully saturated rings. The lowest BCUT2D eigenvalue weighted by Crippen LogP contribution is -2.32. The Labute approximate surface area is 138 Å². The molecule has 0 aromatic heterocycles. The van der Waals surface area contributed by atoms with Gasteiger partial charge in [0, 0.05) is 13.1 Å². The van der Waals surface area contributed by atoms with Crippen LogP contribution in [0.15, 0.2) is 29.4 Å². The Morgan fingerprint density at radius 1 is 1.13 bits per heavy atom. The summed E-state index contributed by atoms with van der Waals surface area (Å²) in [6.45, 7) is 7.80. The highest BCUT2D eigenvalue weighted by atomic mass is 16.6. The first-order chi connectivity index (χ1) is 10.9. The van der Waals surface area contributed by atoms with Gasteiger partial charge in [0.25, 0.3) is 0 Å². The number of carbonyl (C=O) groups is 1. The van der Waals surface area contributed by atoms with Gasteiger partial charge in [0.15, 0.2) is 0 Å². The van der Waals surface area contributed by atoms with E-state index in [1.165, 1.54) is 5.56 Å². The summed E-state index contributed by atoms with van der Waals surface area (Å²) in [5.74, 6) is 0. The second kappa shape index (κ2) is 9.94. The molecule has 0 atom stereocenters. The van der Waals surface area contributed by atoms with Crippen molar-refractivity contribution in [1.82, 2.24) is 10.6 Å². The van der Waals surface area contributed by atoms with Crippen molar-refractivity contribution >= 4 is 6.09 Å². The summed E-state index contributed by atoms with van der Waals surface area (Å²) in [5.41, 5.74) is 1.81. The van der Waals surface area contributed by atoms with Crippen molar-refractivity contribution in [1.29, 1.82) is 0 Å². The molecule has 0 heterocycles. The van der Waals surface area contributed by atoms with Crippen LogP contribution in [0, 0.1) is 4.91 Å². The maximum Gasteiger partial charge on any atom is 0.407 e. The molecule has 0 unspecified atom stereocenters. The van der Waals surface area contributed by atoms with Gasteiger partial charge in [-0.25, -0.2) is 4.79 Å². The molecule has 0 aliphatic rings. The zero-order valence-electron chi connectivity index (χ0n) is 14.2. The van der Waals surface area contributed by atoms with E-state index in [1.54, 1.807) is 0 Å². The topological polar surface area (TPSA) is 79.8 Å². The highest BCUT2D eigenvalue weighted by molar-refractivity contribution is 5.67. The molecular formula is C17H27N3O3. The number of carbonyl (C=O) groups excluding carboxylic acids is 1. The van der Waals surface area contributed by atoms with Crippen molar-refractivity contribution in [3.63, 3.8) is 0 Å². The van der Waals surface area contributed by atoms with Crippen molar-refractivity contribution in [2.75, 3.05) is 19.6 Å². The minimum atomic E-state index is -0.482. The lowest BCUT2D eigenvalue weighted by atomic mass is 10.1. The van der Waals surface area contributed by atoms with Gasteiger partial charge in [-0.1, -0.05) is 29.4 Å². The molecule has 2 N–H and O–H groups in total. The summed E-state index contributed by atoms with van der Waals surface area (Å²) in [6, 6.07) is 8.16. The molecule has 0 saturated heterocycles. The lowest BCUT2D eigenvalue weighted by Gasteiger charge is -2.19. The third kappa shape index (κ3) is 9.63. The minimum absolute atomic E-state index is 0.319. The fourth-order valence-electron chi connectivity index (χ4n) is 1.98. The van der Waals surface area contributed by atoms with Crippen molar-refractivity contribution in [3.8, 4) is 0 Å². The molecule has 0 bridgehead atoms. The average molecular weight is 321 g/mol. The summed E-state index contributed by atoms with van der Waals surface area (Å²) < 4.78 is 5.19. The van der Waals surface area contributed by atoms with E-state index in [9.17, 15) is 9.70 Å². The van der Waals surface area contributed by atoms with E-state index in [2.05, 4.69) is 27.9 Å². The number of nitrogens with zero attached hydrogens (tertiary/aromatic N) is 1. The number of nitroso groups, excluding NO2 is 1. The second-order valence-corrected chi connectivity index (χ2v) is 6.38. The Bertz CT molecular complexity index is 481. The van der Waals surface area contributed by atoms with E-state index >= 15 is 0 Å². The van der Waals surface area contributed by atoms with Crippen molar-refractivity contribution < 1.29 is 9.53 Å². The number of hydrogen-bond donors (Lipinski definition) is 2. The van der Waals surface area contributed by atoms with E-state index in [-0.39, 0.29) is 0 Å². The highest BCUT2D eigenvalue weighted by Crippen LogP contribution is 2.09. The second-order valence-electron chi connectivity index (χ2n) is 6.38. The number of hydrogen-bond acceptors (Lipinski definition) is 5. The molecule has 0 radical (unpaired) electrons. The summed E-state index contributed by atoms with van der Waals surface area (Å²) in [4.78, 5) is 21.5. The first-order valence-corrected chi connectivity index (χ1v) is 7.95. The molecule has 1 amide bonds. The first-order valence-electron chi connectivity index (χ1n) is 7.95. The van der Waals surface area contributed by atoms with Crippen LogP contribution in [0.2, 0.25) is 0 Å². The molecular weight excluding hydrogens is 294 g/mol. The molecule has 1 rings (SSSR count). The molecule has 0 saturated carbocycles. The quantitative estimate of drug-likeness (QED) is 0.541. The zero-order valence-corrected chi connectivity index (χ0v) is 14.2. The van der Waals surface area contributed by atoms with Gasteiger partial charge in [0.2, 0.25) is 0 Å². The van der Waals surface area contributed by atoms with Gasteiger partial charge in [-0.05, 0) is 51.3 Å². The van der Waals surface area contributed by atoms with Gasteiger partial charge < -0.3 is 15.4 Å². The van der Waals surface area contributed by atoms with Crippen LogP contribution in [0.5, 0.6) is 0 Å². The van der Waals surface area contributed by atoms with Gasteiger partial charge >= 0.3 is 6.09 Å². The van der Waals surface area contributed by atoms with Crippen LogP contribution in [-0.4, -0.2) is 31.3 Å². The van der Waals surface area contributed by atoms with Gasteiger partial charge in [-0.3, -0.25) is 0 Å². The number of benzene rings is 1. The van der Waals surface area contributed by atoms with E-state index in [1.807, 2.05) is 32.9 Å². The normalized spacial score (nSPS) is 11.1. The van der Waals surface area contributed by atoms with Crippen LogP contribution >= 0.6 is 0 Å². The largest absolute Gasteiger partial charge is 0.444 e. The standard InChI is InChI=1S/C17H27N3O3/c1-17(2,3)23-16(21)19-13-15-8-6-14(7-9-15)5-4-10-18-11-12-20-22/h6-9,18H,4-5,10-13H2,1-3H3,(H,19,21). The van der Waals surface area contributed by atoms with Crippen LogP contribution < -0.4 is 10.6 Å². The first kappa shape index (κ1) is 19.1. The summed E-state index contributed by atoms with van der Waals surface area (Å²) in [7, 11) is 0. The smallest absolute Gasteiger partial charge is 0.407 e. The summed E-state index contributed by atoms with van der Waals surface area (Å²) in [5, 5.41) is 8.70. The van der Waals surface area contributed by atoms with Gasteiger partial charge in [0.1, 0.15) is 5.60 Å². The Kier molecular flexibility index (Phi) is 8.26. The molecule has 23 heavy (non-hydrogen) atoms. The predicted molar refractivity (Wildman–Crippen MR) is 91.4 cm³/mol. The highest BCUT2D eigenvalue weighted by Gasteiger charge is 2.15. The molecule has 1 aromatic carbocycles. The Morgan fingerprint density at radius 3 is 2.39 bits per heavy atom. The Balaban J connectivity index is 2.25. The lowest BCUT2D eigenvalue weighted by molar-refractivity contribution is 0.0523. The van der Waals surface area contributed by atoms with E-state index in [4.69, 9.17) is 4.74 Å². The molecule has 0 aliphatic heterocycles. The molecule has 128 valence electrons. The van der Waals surface area contributed by atoms with Gasteiger partial charge in [-0.2, -0.15) is 4.91 Å². The predicted octanol–water partition coefficient (Wildman–Crippen LogP) is 3.00. The van der Waals surface area contributed by atoms with Gasteiger partial charge in [0.05, 0.1) is 6.54 Å². The maximum atomic E-state index is 11.6. The Morgan fingerprint density at radius 2 is 1.78 bits per heavy atom. The van der Waals surface area contributed by atoms with Crippen LogP contribution in [0.25, 0.3) is 0 Å².